The van der Waals surface area contributed by atoms with Gasteiger partial charge >= 0.3 is 0 Å². The fourth-order valence-corrected chi connectivity index (χ4v) is 2.74. The van der Waals surface area contributed by atoms with E-state index < -0.39 is 0 Å². The van der Waals surface area contributed by atoms with Gasteiger partial charge in [-0.3, -0.25) is 4.79 Å². The van der Waals surface area contributed by atoms with Gasteiger partial charge in [-0.15, -0.1) is 0 Å². The lowest BCUT2D eigenvalue weighted by Gasteiger charge is -2.15. The molecule has 0 radical (unpaired) electrons. The molecule has 0 atom stereocenters. The molecule has 2 aromatic rings. The Hall–Kier alpha value is -2.43. The number of carbonyl (C=O) groups excluding carboxylic acids is 1. The van der Waals surface area contributed by atoms with Gasteiger partial charge in [0.15, 0.2) is 0 Å². The molecule has 1 aliphatic heterocycles. The van der Waals surface area contributed by atoms with Crippen LogP contribution >= 0.6 is 0 Å². The van der Waals surface area contributed by atoms with E-state index in [1.54, 1.807) is 6.92 Å². The largest absolute Gasteiger partial charge is 0.340 e. The van der Waals surface area contributed by atoms with Gasteiger partial charge < -0.3 is 10.2 Å². The molecular formula is C16H18N4O. The van der Waals surface area contributed by atoms with Crippen molar-refractivity contribution in [2.45, 2.75) is 27.2 Å². The number of nitrogens with one attached hydrogen (secondary N) is 1. The first kappa shape index (κ1) is 13.5. The maximum absolute atomic E-state index is 11.6. The molecular weight excluding hydrogens is 264 g/mol. The Kier molecular flexibility index (Phi) is 3.33. The van der Waals surface area contributed by atoms with Gasteiger partial charge in [0.05, 0.1) is 0 Å². The van der Waals surface area contributed by atoms with Crippen LogP contribution in [-0.4, -0.2) is 22.4 Å². The van der Waals surface area contributed by atoms with E-state index in [9.17, 15) is 4.79 Å². The maximum Gasteiger partial charge on any atom is 0.223 e. The molecule has 0 aliphatic carbocycles. The van der Waals surface area contributed by atoms with E-state index in [2.05, 4.69) is 21.4 Å². The summed E-state index contributed by atoms with van der Waals surface area (Å²) in [5.74, 6) is 1.64. The van der Waals surface area contributed by atoms with Crippen molar-refractivity contribution in [3.05, 3.63) is 41.3 Å². The minimum atomic E-state index is 0.0940. The summed E-state index contributed by atoms with van der Waals surface area (Å²) >= 11 is 0. The van der Waals surface area contributed by atoms with Crippen molar-refractivity contribution < 1.29 is 4.79 Å². The van der Waals surface area contributed by atoms with Crippen LogP contribution in [0.25, 0.3) is 0 Å². The van der Waals surface area contributed by atoms with E-state index in [1.807, 2.05) is 36.9 Å². The number of anilines is 3. The zero-order valence-electron chi connectivity index (χ0n) is 12.5. The first-order chi connectivity index (χ1) is 10.0. The Morgan fingerprint density at radius 3 is 2.76 bits per heavy atom. The molecule has 5 heteroatoms. The second-order valence-electron chi connectivity index (χ2n) is 5.33. The number of benzene rings is 1. The molecule has 3 rings (SSSR count). The maximum atomic E-state index is 11.6. The monoisotopic (exact) mass is 282 g/mol. The summed E-state index contributed by atoms with van der Waals surface area (Å²) in [7, 11) is 0. The fraction of sp³-hybridized carbons (Fsp3) is 0.312. The Balaban J connectivity index is 1.87. The van der Waals surface area contributed by atoms with Crippen LogP contribution in [0, 0.1) is 13.8 Å². The molecule has 1 N–H and O–H groups in total. The summed E-state index contributed by atoms with van der Waals surface area (Å²) in [5, 5.41) is 3.30. The van der Waals surface area contributed by atoms with Gasteiger partial charge in [0.1, 0.15) is 11.6 Å². The Bertz CT molecular complexity index is 691. The molecule has 108 valence electrons. The number of rotatable bonds is 2. The van der Waals surface area contributed by atoms with E-state index in [0.717, 1.165) is 41.7 Å². The van der Waals surface area contributed by atoms with Crippen LogP contribution in [0.2, 0.25) is 0 Å². The number of hydrogen-bond donors (Lipinski definition) is 1. The predicted octanol–water partition coefficient (Wildman–Crippen LogP) is 2.75. The van der Waals surface area contributed by atoms with Crippen molar-refractivity contribution in [3.63, 3.8) is 0 Å². The van der Waals surface area contributed by atoms with E-state index in [-0.39, 0.29) is 5.91 Å². The van der Waals surface area contributed by atoms with Gasteiger partial charge in [0.2, 0.25) is 5.91 Å². The average Bonchev–Trinajstić information content (AvgIpc) is 2.80. The smallest absolute Gasteiger partial charge is 0.223 e. The lowest BCUT2D eigenvalue weighted by molar-refractivity contribution is -0.116. The number of nitrogens with zero attached hydrogens (tertiary/aromatic N) is 3. The van der Waals surface area contributed by atoms with E-state index >= 15 is 0 Å². The SMILES string of the molecule is CC(=O)N1CCc2cc(Nc3cc(C)nc(C)n3)ccc21. The van der Waals surface area contributed by atoms with Crippen LogP contribution in [0.3, 0.4) is 0 Å². The normalized spacial score (nSPS) is 13.2. The van der Waals surface area contributed by atoms with E-state index in [1.165, 1.54) is 5.56 Å². The zero-order chi connectivity index (χ0) is 15.0. The Morgan fingerprint density at radius 1 is 1.24 bits per heavy atom. The van der Waals surface area contributed by atoms with Crippen LogP contribution in [0.5, 0.6) is 0 Å². The van der Waals surface area contributed by atoms with Crippen LogP contribution in [0.15, 0.2) is 24.3 Å². The quantitative estimate of drug-likeness (QED) is 0.920. The molecule has 0 saturated carbocycles. The van der Waals surface area contributed by atoms with E-state index in [4.69, 9.17) is 0 Å². The summed E-state index contributed by atoms with van der Waals surface area (Å²) in [6.07, 6.45) is 0.895. The van der Waals surface area contributed by atoms with Gasteiger partial charge in [-0.25, -0.2) is 9.97 Å². The summed E-state index contributed by atoms with van der Waals surface area (Å²) < 4.78 is 0. The molecule has 0 fully saturated rings. The van der Waals surface area contributed by atoms with Crippen molar-refractivity contribution in [1.82, 2.24) is 9.97 Å². The molecule has 1 aromatic heterocycles. The van der Waals surface area contributed by atoms with Gasteiger partial charge in [-0.2, -0.15) is 0 Å². The molecule has 1 aromatic carbocycles. The first-order valence-corrected chi connectivity index (χ1v) is 7.03. The standard InChI is InChI=1S/C16H18N4O/c1-10-8-16(18-11(2)17-10)19-14-4-5-15-13(9-14)6-7-20(15)12(3)21/h4-5,8-9H,6-7H2,1-3H3,(H,17,18,19). The summed E-state index contributed by atoms with van der Waals surface area (Å²) in [4.78, 5) is 22.0. The first-order valence-electron chi connectivity index (χ1n) is 7.03. The number of carbonyl (C=O) groups is 1. The van der Waals surface area contributed by atoms with Crippen LogP contribution in [-0.2, 0) is 11.2 Å². The van der Waals surface area contributed by atoms with Gasteiger partial charge in [-0.05, 0) is 44.0 Å². The van der Waals surface area contributed by atoms with Crippen molar-refractivity contribution in [2.75, 3.05) is 16.8 Å². The van der Waals surface area contributed by atoms with Crippen LogP contribution < -0.4 is 10.2 Å². The second kappa shape index (κ2) is 5.16. The highest BCUT2D eigenvalue weighted by molar-refractivity contribution is 5.94. The average molecular weight is 282 g/mol. The number of fused-ring (bicyclic) bond motifs is 1. The molecule has 21 heavy (non-hydrogen) atoms. The topological polar surface area (TPSA) is 58.1 Å². The highest BCUT2D eigenvalue weighted by Gasteiger charge is 2.22. The minimum Gasteiger partial charge on any atom is -0.340 e. The van der Waals surface area contributed by atoms with E-state index in [0.29, 0.717) is 0 Å². The molecule has 2 heterocycles. The number of aromatic nitrogens is 2. The van der Waals surface area contributed by atoms with Crippen molar-refractivity contribution in [2.24, 2.45) is 0 Å². The minimum absolute atomic E-state index is 0.0940. The highest BCUT2D eigenvalue weighted by Crippen LogP contribution is 2.31. The lowest BCUT2D eigenvalue weighted by Crippen LogP contribution is -2.25. The molecule has 0 unspecified atom stereocenters. The van der Waals surface area contributed by atoms with Gasteiger partial charge in [0, 0.05) is 36.6 Å². The Labute approximate surface area is 124 Å². The van der Waals surface area contributed by atoms with Gasteiger partial charge in [0.25, 0.3) is 0 Å². The summed E-state index contributed by atoms with van der Waals surface area (Å²) in [6.45, 7) is 6.20. The second-order valence-corrected chi connectivity index (χ2v) is 5.33. The van der Waals surface area contributed by atoms with Crippen molar-refractivity contribution in [1.29, 1.82) is 0 Å². The third-order valence-corrected chi connectivity index (χ3v) is 3.59. The fourth-order valence-electron chi connectivity index (χ4n) is 2.74. The number of aryl methyl sites for hydroxylation is 2. The molecule has 1 aliphatic rings. The third kappa shape index (κ3) is 2.72. The third-order valence-electron chi connectivity index (χ3n) is 3.59. The summed E-state index contributed by atoms with van der Waals surface area (Å²) in [5.41, 5.74) is 4.13. The molecule has 0 saturated heterocycles. The summed E-state index contributed by atoms with van der Waals surface area (Å²) in [6, 6.07) is 7.98. The van der Waals surface area contributed by atoms with Crippen LogP contribution in [0.1, 0.15) is 24.0 Å². The van der Waals surface area contributed by atoms with Crippen LogP contribution in [0.4, 0.5) is 17.2 Å². The van der Waals surface area contributed by atoms with Gasteiger partial charge in [-0.1, -0.05) is 0 Å². The molecule has 0 spiro atoms. The zero-order valence-corrected chi connectivity index (χ0v) is 12.5. The predicted molar refractivity (Wildman–Crippen MR) is 83.0 cm³/mol. The number of amides is 1. The Morgan fingerprint density at radius 2 is 2.05 bits per heavy atom. The molecule has 1 amide bonds. The lowest BCUT2D eigenvalue weighted by atomic mass is 10.1. The highest BCUT2D eigenvalue weighted by atomic mass is 16.2. The van der Waals surface area contributed by atoms with Crippen molar-refractivity contribution in [3.8, 4) is 0 Å². The van der Waals surface area contributed by atoms with Crippen molar-refractivity contribution >= 4 is 23.1 Å². The molecule has 0 bridgehead atoms. The number of hydrogen-bond acceptors (Lipinski definition) is 4. The molecule has 5 nitrogen and oxygen atoms in total.